The minimum Gasteiger partial charge on any atom is -0.490 e. The van der Waals surface area contributed by atoms with Crippen LogP contribution in [0.3, 0.4) is 0 Å². The second kappa shape index (κ2) is 6.54. The topological polar surface area (TPSA) is 44.1 Å². The Labute approximate surface area is 140 Å². The maximum atomic E-state index is 12.6. The van der Waals surface area contributed by atoms with Gasteiger partial charge < -0.3 is 4.74 Å². The third-order valence-corrected chi connectivity index (χ3v) is 3.61. The van der Waals surface area contributed by atoms with Crippen molar-refractivity contribution in [1.29, 1.82) is 0 Å². The van der Waals surface area contributed by atoms with Crippen molar-refractivity contribution in [3.05, 3.63) is 73.3 Å². The van der Waals surface area contributed by atoms with Gasteiger partial charge in [0.05, 0.1) is 11.0 Å². The first-order valence-electron chi connectivity index (χ1n) is 7.63. The molecule has 0 aliphatic rings. The number of rotatable bonds is 5. The van der Waals surface area contributed by atoms with E-state index in [1.165, 1.54) is 0 Å². The molecule has 0 unspecified atom stereocenters. The third-order valence-electron chi connectivity index (χ3n) is 3.61. The fourth-order valence-corrected chi connectivity index (χ4v) is 2.47. The number of ether oxygens (including phenoxy) is 1. The summed E-state index contributed by atoms with van der Waals surface area (Å²) in [5.74, 6) is 1.18. The molecule has 4 nitrogen and oxygen atoms in total. The summed E-state index contributed by atoms with van der Waals surface area (Å²) >= 11 is 0. The van der Waals surface area contributed by atoms with Gasteiger partial charge in [0.2, 0.25) is 0 Å². The average molecular weight is 318 g/mol. The van der Waals surface area contributed by atoms with E-state index in [0.717, 1.165) is 22.3 Å². The Morgan fingerprint density at radius 3 is 2.58 bits per heavy atom. The molecule has 0 aliphatic heterocycles. The van der Waals surface area contributed by atoms with Gasteiger partial charge in [-0.25, -0.2) is 4.98 Å². The van der Waals surface area contributed by atoms with Crippen molar-refractivity contribution in [2.24, 2.45) is 0 Å². The first-order valence-corrected chi connectivity index (χ1v) is 7.63. The highest BCUT2D eigenvalue weighted by atomic mass is 16.5. The Bertz CT molecular complexity index is 920. The van der Waals surface area contributed by atoms with E-state index in [2.05, 4.69) is 18.1 Å². The number of hydrogen-bond donors (Lipinski definition) is 0. The van der Waals surface area contributed by atoms with Gasteiger partial charge in [-0.1, -0.05) is 31.4 Å². The van der Waals surface area contributed by atoms with Crippen LogP contribution in [0.5, 0.6) is 5.75 Å². The van der Waals surface area contributed by atoms with Crippen molar-refractivity contribution in [3.8, 4) is 17.1 Å². The molecule has 1 aromatic heterocycles. The number of imidazole rings is 1. The first kappa shape index (κ1) is 15.7. The Balaban J connectivity index is 2.11. The zero-order valence-corrected chi connectivity index (χ0v) is 13.5. The first-order chi connectivity index (χ1) is 11.6. The number of allylic oxidation sites excluding steroid dienone is 1. The fraction of sp³-hybridized carbons (Fsp3) is 0.100. The number of hydrogen-bond acceptors (Lipinski definition) is 3. The van der Waals surface area contributed by atoms with E-state index in [-0.39, 0.29) is 5.91 Å². The van der Waals surface area contributed by atoms with Gasteiger partial charge in [-0.15, -0.1) is 0 Å². The minimum absolute atomic E-state index is 0.161. The highest BCUT2D eigenvalue weighted by Crippen LogP contribution is 2.27. The summed E-state index contributed by atoms with van der Waals surface area (Å²) in [7, 11) is 0. The molecule has 120 valence electrons. The quantitative estimate of drug-likeness (QED) is 0.514. The lowest BCUT2D eigenvalue weighted by Crippen LogP contribution is -2.12. The van der Waals surface area contributed by atoms with E-state index in [9.17, 15) is 4.79 Å². The molecule has 3 rings (SSSR count). The molecular formula is C20H18N2O2. The van der Waals surface area contributed by atoms with Gasteiger partial charge in [0, 0.05) is 11.1 Å². The van der Waals surface area contributed by atoms with Crippen LogP contribution in [0, 0.1) is 0 Å². The molecule has 4 heteroatoms. The monoisotopic (exact) mass is 318 g/mol. The van der Waals surface area contributed by atoms with Crippen LogP contribution in [0.2, 0.25) is 0 Å². The Kier molecular flexibility index (Phi) is 4.29. The lowest BCUT2D eigenvalue weighted by molar-refractivity contribution is 0.0962. The summed E-state index contributed by atoms with van der Waals surface area (Å²) in [5.41, 5.74) is 2.85. The molecule has 2 aromatic carbocycles. The van der Waals surface area contributed by atoms with Crippen LogP contribution >= 0.6 is 0 Å². The van der Waals surface area contributed by atoms with Crippen LogP contribution in [-0.4, -0.2) is 22.1 Å². The molecule has 0 bridgehead atoms. The molecule has 1 heterocycles. The number of benzene rings is 2. The van der Waals surface area contributed by atoms with Gasteiger partial charge in [0.1, 0.15) is 18.2 Å². The zero-order valence-electron chi connectivity index (χ0n) is 13.5. The van der Waals surface area contributed by atoms with E-state index >= 15 is 0 Å². The summed E-state index contributed by atoms with van der Waals surface area (Å²) in [6.07, 6.45) is 1.69. The number of carbonyl (C=O) groups excluding carboxylic acids is 1. The Hall–Kier alpha value is -3.14. The van der Waals surface area contributed by atoms with Crippen LogP contribution in [0.15, 0.2) is 73.3 Å². The lowest BCUT2D eigenvalue weighted by atomic mass is 10.2. The number of carbonyl (C=O) groups is 1. The largest absolute Gasteiger partial charge is 0.490 e. The van der Waals surface area contributed by atoms with Gasteiger partial charge in [-0.05, 0) is 43.3 Å². The smallest absolute Gasteiger partial charge is 0.259 e. The highest BCUT2D eigenvalue weighted by Gasteiger charge is 2.18. The molecule has 0 aliphatic carbocycles. The number of aromatic nitrogens is 2. The van der Waals surface area contributed by atoms with Gasteiger partial charge in [0.25, 0.3) is 5.91 Å². The summed E-state index contributed by atoms with van der Waals surface area (Å²) in [4.78, 5) is 17.2. The van der Waals surface area contributed by atoms with Crippen molar-refractivity contribution in [2.75, 3.05) is 6.61 Å². The predicted molar refractivity (Wildman–Crippen MR) is 96.3 cm³/mol. The van der Waals surface area contributed by atoms with Crippen LogP contribution in [-0.2, 0) is 0 Å². The molecule has 24 heavy (non-hydrogen) atoms. The predicted octanol–water partition coefficient (Wildman–Crippen LogP) is 4.48. The van der Waals surface area contributed by atoms with E-state index < -0.39 is 0 Å². The van der Waals surface area contributed by atoms with Crippen LogP contribution < -0.4 is 4.74 Å². The van der Waals surface area contributed by atoms with E-state index in [4.69, 9.17) is 4.74 Å². The molecular weight excluding hydrogens is 300 g/mol. The average Bonchev–Trinajstić information content (AvgIpc) is 2.99. The lowest BCUT2D eigenvalue weighted by Gasteiger charge is -2.08. The van der Waals surface area contributed by atoms with Crippen molar-refractivity contribution in [2.45, 2.75) is 6.92 Å². The number of para-hydroxylation sites is 2. The number of fused-ring (bicyclic) bond motifs is 1. The Morgan fingerprint density at radius 1 is 1.21 bits per heavy atom. The standard InChI is InChI=1S/C20H18N2O2/c1-4-13-24-16-11-9-15(10-12-16)19-21-17-7-5-6-8-18(17)22(19)20(23)14(2)3/h4-12H,1-2,13H2,3H3. The Morgan fingerprint density at radius 2 is 1.92 bits per heavy atom. The zero-order chi connectivity index (χ0) is 17.1. The second-order valence-corrected chi connectivity index (χ2v) is 5.47. The van der Waals surface area contributed by atoms with Crippen LogP contribution in [0.1, 0.15) is 11.7 Å². The molecule has 0 amide bonds. The van der Waals surface area contributed by atoms with Crippen LogP contribution in [0.4, 0.5) is 0 Å². The molecule has 0 atom stereocenters. The SMILES string of the molecule is C=CCOc1ccc(-c2nc3ccccc3n2C(=O)C(=C)C)cc1. The van der Waals surface area contributed by atoms with Crippen molar-refractivity contribution in [3.63, 3.8) is 0 Å². The summed E-state index contributed by atoms with van der Waals surface area (Å²) in [5, 5.41) is 0. The second-order valence-electron chi connectivity index (χ2n) is 5.47. The van der Waals surface area contributed by atoms with E-state index in [1.54, 1.807) is 17.6 Å². The molecule has 0 fully saturated rings. The summed E-state index contributed by atoms with van der Waals surface area (Å²) in [6.45, 7) is 9.55. The van der Waals surface area contributed by atoms with Gasteiger partial charge >= 0.3 is 0 Å². The molecule has 0 saturated heterocycles. The highest BCUT2D eigenvalue weighted by molar-refractivity contribution is 6.03. The normalized spacial score (nSPS) is 10.5. The maximum Gasteiger partial charge on any atom is 0.259 e. The molecule has 0 radical (unpaired) electrons. The van der Waals surface area contributed by atoms with Gasteiger partial charge in [-0.3, -0.25) is 9.36 Å². The summed E-state index contributed by atoms with van der Waals surface area (Å²) < 4.78 is 7.10. The van der Waals surface area contributed by atoms with Crippen molar-refractivity contribution < 1.29 is 9.53 Å². The van der Waals surface area contributed by atoms with E-state index in [1.807, 2.05) is 48.5 Å². The van der Waals surface area contributed by atoms with Gasteiger partial charge in [-0.2, -0.15) is 0 Å². The van der Waals surface area contributed by atoms with Gasteiger partial charge in [0.15, 0.2) is 0 Å². The van der Waals surface area contributed by atoms with Crippen molar-refractivity contribution in [1.82, 2.24) is 9.55 Å². The molecule has 0 N–H and O–H groups in total. The van der Waals surface area contributed by atoms with Crippen LogP contribution in [0.25, 0.3) is 22.4 Å². The summed E-state index contributed by atoms with van der Waals surface area (Å²) in [6, 6.07) is 15.1. The number of nitrogens with zero attached hydrogens (tertiary/aromatic N) is 2. The fourth-order valence-electron chi connectivity index (χ4n) is 2.47. The molecule has 0 saturated carbocycles. The van der Waals surface area contributed by atoms with E-state index in [0.29, 0.717) is 18.0 Å². The third kappa shape index (κ3) is 2.86. The van der Waals surface area contributed by atoms with Crippen molar-refractivity contribution >= 4 is 16.9 Å². The molecule has 3 aromatic rings. The molecule has 0 spiro atoms. The maximum absolute atomic E-state index is 12.6. The minimum atomic E-state index is -0.161.